The highest BCUT2D eigenvalue weighted by Gasteiger charge is 2.18. The minimum absolute atomic E-state index is 0.113. The molecule has 16 heavy (non-hydrogen) atoms. The molecule has 1 rings (SSSR count). The number of anilines is 1. The van der Waals surface area contributed by atoms with Crippen molar-refractivity contribution in [2.45, 2.75) is 4.90 Å². The molecule has 0 fully saturated rings. The number of nitrogens with one attached hydrogen (secondary N) is 1. The van der Waals surface area contributed by atoms with Crippen molar-refractivity contribution < 1.29 is 17.6 Å². The maximum atomic E-state index is 12.8. The van der Waals surface area contributed by atoms with Gasteiger partial charge < -0.3 is 11.5 Å². The van der Waals surface area contributed by atoms with Crippen LogP contribution in [-0.4, -0.2) is 20.9 Å². The second-order valence-corrected chi connectivity index (χ2v) is 4.71. The van der Waals surface area contributed by atoms with Gasteiger partial charge in [-0.1, -0.05) is 0 Å². The van der Waals surface area contributed by atoms with Crippen LogP contribution in [0.2, 0.25) is 0 Å². The van der Waals surface area contributed by atoms with E-state index in [9.17, 15) is 17.6 Å². The molecule has 0 saturated carbocycles. The lowest BCUT2D eigenvalue weighted by Crippen LogP contribution is -2.33. The zero-order valence-corrected chi connectivity index (χ0v) is 8.92. The van der Waals surface area contributed by atoms with E-state index in [-0.39, 0.29) is 5.69 Å². The van der Waals surface area contributed by atoms with E-state index < -0.39 is 33.2 Å². The van der Waals surface area contributed by atoms with Gasteiger partial charge in [-0.15, -0.1) is 0 Å². The number of primary amides is 1. The molecule has 8 heteroatoms. The third-order valence-electron chi connectivity index (χ3n) is 1.70. The van der Waals surface area contributed by atoms with Crippen LogP contribution in [0, 0.1) is 5.82 Å². The van der Waals surface area contributed by atoms with Gasteiger partial charge in [0.1, 0.15) is 10.7 Å². The summed E-state index contributed by atoms with van der Waals surface area (Å²) in [6, 6.07) is 2.91. The van der Waals surface area contributed by atoms with Crippen molar-refractivity contribution in [2.24, 2.45) is 5.73 Å². The summed E-state index contributed by atoms with van der Waals surface area (Å²) in [4.78, 5) is 10.00. The Kier molecular flexibility index (Phi) is 3.45. The third kappa shape index (κ3) is 2.91. The first-order chi connectivity index (χ1) is 7.33. The predicted octanol–water partition coefficient (Wildman–Crippen LogP) is -0.829. The molecule has 6 nitrogen and oxygen atoms in total. The van der Waals surface area contributed by atoms with Crippen LogP contribution in [0.25, 0.3) is 0 Å². The fraction of sp³-hybridized carbons (Fsp3) is 0.125. The van der Waals surface area contributed by atoms with E-state index in [1.807, 2.05) is 4.72 Å². The largest absolute Gasteiger partial charge is 0.398 e. The van der Waals surface area contributed by atoms with Crippen LogP contribution in [0.3, 0.4) is 0 Å². The molecule has 0 aromatic heterocycles. The molecule has 1 aromatic carbocycles. The molecule has 88 valence electrons. The molecule has 0 spiro atoms. The van der Waals surface area contributed by atoms with E-state index in [1.54, 1.807) is 0 Å². The monoisotopic (exact) mass is 247 g/mol. The molecular formula is C8H10FN3O3S. The molecule has 0 atom stereocenters. The Labute approximate surface area is 91.5 Å². The lowest BCUT2D eigenvalue weighted by molar-refractivity contribution is -0.116. The van der Waals surface area contributed by atoms with Crippen molar-refractivity contribution in [1.82, 2.24) is 4.72 Å². The first-order valence-corrected chi connectivity index (χ1v) is 5.64. The summed E-state index contributed by atoms with van der Waals surface area (Å²) in [5.74, 6) is -1.59. The Hall–Kier alpha value is -1.67. The number of benzene rings is 1. The van der Waals surface area contributed by atoms with Crippen LogP contribution >= 0.6 is 0 Å². The van der Waals surface area contributed by atoms with Crippen LogP contribution < -0.4 is 16.2 Å². The normalized spacial score (nSPS) is 11.3. The van der Waals surface area contributed by atoms with E-state index in [1.165, 1.54) is 0 Å². The van der Waals surface area contributed by atoms with Gasteiger partial charge in [-0.3, -0.25) is 4.79 Å². The number of hydrogen-bond acceptors (Lipinski definition) is 4. The van der Waals surface area contributed by atoms with E-state index in [2.05, 4.69) is 0 Å². The van der Waals surface area contributed by atoms with Crippen molar-refractivity contribution in [2.75, 3.05) is 12.3 Å². The summed E-state index contributed by atoms with van der Waals surface area (Å²) in [6.07, 6.45) is 0. The van der Waals surface area contributed by atoms with Gasteiger partial charge in [0.05, 0.1) is 12.2 Å². The molecule has 0 aliphatic heterocycles. The molecule has 0 saturated heterocycles. The first kappa shape index (κ1) is 12.4. The summed E-state index contributed by atoms with van der Waals surface area (Å²) in [6.45, 7) is -0.571. The highest BCUT2D eigenvalue weighted by Crippen LogP contribution is 2.18. The molecular weight excluding hydrogens is 237 g/mol. The van der Waals surface area contributed by atoms with Gasteiger partial charge in [0.15, 0.2) is 0 Å². The number of carbonyl (C=O) groups is 1. The van der Waals surface area contributed by atoms with E-state index >= 15 is 0 Å². The average molecular weight is 247 g/mol. The number of nitrogen functional groups attached to an aromatic ring is 1. The Morgan fingerprint density at radius 2 is 2.06 bits per heavy atom. The van der Waals surface area contributed by atoms with Crippen LogP contribution in [0.1, 0.15) is 0 Å². The zero-order valence-electron chi connectivity index (χ0n) is 8.10. The van der Waals surface area contributed by atoms with E-state index in [4.69, 9.17) is 11.5 Å². The molecule has 0 radical (unpaired) electrons. The van der Waals surface area contributed by atoms with Crippen LogP contribution in [0.5, 0.6) is 0 Å². The van der Waals surface area contributed by atoms with Crippen LogP contribution in [-0.2, 0) is 14.8 Å². The topological polar surface area (TPSA) is 115 Å². The van der Waals surface area contributed by atoms with Crippen LogP contribution in [0.15, 0.2) is 23.1 Å². The highest BCUT2D eigenvalue weighted by atomic mass is 32.2. The van der Waals surface area contributed by atoms with Gasteiger partial charge in [0.25, 0.3) is 0 Å². The van der Waals surface area contributed by atoms with E-state index in [0.29, 0.717) is 0 Å². The smallest absolute Gasteiger partial charge is 0.243 e. The standard InChI is InChI=1S/C8H10FN3O3S/c9-5-1-2-6(10)7(3-5)16(14,15)12-4-8(11)13/h1-3,12H,4,10H2,(H2,11,13). The van der Waals surface area contributed by atoms with Crippen LogP contribution in [0.4, 0.5) is 10.1 Å². The number of carbonyl (C=O) groups excluding carboxylic acids is 1. The lowest BCUT2D eigenvalue weighted by Gasteiger charge is -2.07. The highest BCUT2D eigenvalue weighted by molar-refractivity contribution is 7.89. The quantitative estimate of drug-likeness (QED) is 0.602. The van der Waals surface area contributed by atoms with E-state index in [0.717, 1.165) is 18.2 Å². The first-order valence-electron chi connectivity index (χ1n) is 4.16. The summed E-state index contributed by atoms with van der Waals surface area (Å²) in [5, 5.41) is 0. The minimum atomic E-state index is -4.02. The third-order valence-corrected chi connectivity index (χ3v) is 3.16. The molecule has 1 aromatic rings. The Morgan fingerprint density at radius 1 is 1.44 bits per heavy atom. The SMILES string of the molecule is NC(=O)CNS(=O)(=O)c1cc(F)ccc1N. The number of sulfonamides is 1. The molecule has 0 bridgehead atoms. The van der Waals surface area contributed by atoms with Crippen molar-refractivity contribution in [3.63, 3.8) is 0 Å². The van der Waals surface area contributed by atoms with Gasteiger partial charge in [-0.05, 0) is 18.2 Å². The minimum Gasteiger partial charge on any atom is -0.398 e. The zero-order chi connectivity index (χ0) is 12.3. The van der Waals surface area contributed by atoms with Crippen molar-refractivity contribution in [3.05, 3.63) is 24.0 Å². The predicted molar refractivity (Wildman–Crippen MR) is 55.2 cm³/mol. The summed E-state index contributed by atoms with van der Waals surface area (Å²) < 4.78 is 37.8. The van der Waals surface area contributed by atoms with Crippen molar-refractivity contribution >= 4 is 21.6 Å². The molecule has 0 aliphatic carbocycles. The Morgan fingerprint density at radius 3 is 2.62 bits per heavy atom. The van der Waals surface area contributed by atoms with Gasteiger partial charge in [0.2, 0.25) is 15.9 Å². The molecule has 1 amide bonds. The van der Waals surface area contributed by atoms with Crippen molar-refractivity contribution in [3.8, 4) is 0 Å². The second-order valence-electron chi connectivity index (χ2n) is 2.97. The Balaban J connectivity index is 3.07. The number of nitrogens with two attached hydrogens (primary N) is 2. The van der Waals surface area contributed by atoms with Crippen molar-refractivity contribution in [1.29, 1.82) is 0 Å². The summed E-state index contributed by atoms with van der Waals surface area (Å²) >= 11 is 0. The Bertz CT molecular complexity index is 515. The number of rotatable bonds is 4. The lowest BCUT2D eigenvalue weighted by atomic mass is 10.3. The molecule has 0 unspecified atom stereocenters. The van der Waals surface area contributed by atoms with Gasteiger partial charge in [0, 0.05) is 0 Å². The summed E-state index contributed by atoms with van der Waals surface area (Å²) in [7, 11) is -4.02. The fourth-order valence-electron chi connectivity index (χ4n) is 0.985. The fourth-order valence-corrected chi connectivity index (χ4v) is 2.12. The maximum Gasteiger partial charge on any atom is 0.243 e. The number of hydrogen-bond donors (Lipinski definition) is 3. The summed E-state index contributed by atoms with van der Waals surface area (Å²) in [5.41, 5.74) is 10.0. The maximum absolute atomic E-state index is 12.8. The van der Waals surface area contributed by atoms with Gasteiger partial charge in [-0.2, -0.15) is 0 Å². The van der Waals surface area contributed by atoms with Gasteiger partial charge >= 0.3 is 0 Å². The molecule has 5 N–H and O–H groups in total. The second kappa shape index (κ2) is 4.45. The molecule has 0 heterocycles. The number of halogens is 1. The molecule has 0 aliphatic rings. The number of amides is 1. The average Bonchev–Trinajstić information content (AvgIpc) is 2.19. The van der Waals surface area contributed by atoms with Gasteiger partial charge in [-0.25, -0.2) is 17.5 Å².